The van der Waals surface area contributed by atoms with Gasteiger partial charge < -0.3 is 15.6 Å². The van der Waals surface area contributed by atoms with Gasteiger partial charge in [0.1, 0.15) is 17.8 Å². The number of nitrogens with zero attached hydrogens (tertiary/aromatic N) is 3. The molecule has 0 radical (unpaired) electrons. The Kier molecular flexibility index (Phi) is 4.26. The molecule has 7 heteroatoms. The van der Waals surface area contributed by atoms with Gasteiger partial charge in [-0.25, -0.2) is 9.97 Å². The van der Waals surface area contributed by atoms with E-state index in [1.54, 1.807) is 36.7 Å². The minimum absolute atomic E-state index is 0.152. The Labute approximate surface area is 149 Å². The molecule has 0 aliphatic rings. The summed E-state index contributed by atoms with van der Waals surface area (Å²) in [4.78, 5) is 27.7. The first-order valence-electron chi connectivity index (χ1n) is 8.12. The second-order valence-electron chi connectivity index (χ2n) is 5.70. The topological polar surface area (TPSA) is 95.6 Å². The van der Waals surface area contributed by atoms with Crippen LogP contribution in [0.4, 0.5) is 11.5 Å². The first-order chi connectivity index (χ1) is 12.8. The number of aromatic amines is 1. The van der Waals surface area contributed by atoms with Gasteiger partial charge in [-0.15, -0.1) is 0 Å². The van der Waals surface area contributed by atoms with E-state index in [1.807, 2.05) is 24.4 Å². The van der Waals surface area contributed by atoms with Crippen LogP contribution in [-0.4, -0.2) is 25.8 Å². The Balaban J connectivity index is 1.41. The van der Waals surface area contributed by atoms with Gasteiger partial charge in [0.25, 0.3) is 5.91 Å². The average Bonchev–Trinajstić information content (AvgIpc) is 3.17. The molecule has 0 unspecified atom stereocenters. The molecule has 0 atom stereocenters. The van der Waals surface area contributed by atoms with Crippen molar-refractivity contribution in [2.75, 3.05) is 10.6 Å². The van der Waals surface area contributed by atoms with E-state index in [0.717, 1.165) is 28.1 Å². The molecule has 0 aliphatic carbocycles. The van der Waals surface area contributed by atoms with E-state index in [2.05, 4.69) is 30.6 Å². The van der Waals surface area contributed by atoms with Crippen molar-refractivity contribution in [1.82, 2.24) is 19.9 Å². The Hall–Kier alpha value is -3.74. The molecule has 0 aliphatic heterocycles. The maximum absolute atomic E-state index is 12.3. The van der Waals surface area contributed by atoms with Crippen LogP contribution in [0.2, 0.25) is 0 Å². The SMILES string of the molecule is O=C(Nc1ccncc1)c1ccc(CNc2ncnc3[nH]ccc23)cc1. The number of anilines is 2. The van der Waals surface area contributed by atoms with Crippen LogP contribution in [0.15, 0.2) is 67.4 Å². The van der Waals surface area contributed by atoms with Crippen molar-refractivity contribution in [3.63, 3.8) is 0 Å². The zero-order valence-electron chi connectivity index (χ0n) is 13.8. The molecule has 1 amide bonds. The highest BCUT2D eigenvalue weighted by atomic mass is 16.1. The second-order valence-corrected chi connectivity index (χ2v) is 5.70. The molecule has 3 N–H and O–H groups in total. The number of amides is 1. The number of fused-ring (bicyclic) bond motifs is 1. The number of benzene rings is 1. The standard InChI is InChI=1S/C19H16N6O/c26-19(25-15-5-8-20-9-6-15)14-3-1-13(2-4-14)11-22-18-16-7-10-21-17(16)23-12-24-18/h1-10,12H,11H2,(H,20,25,26)(H2,21,22,23,24). The Morgan fingerprint density at radius 2 is 1.81 bits per heavy atom. The summed E-state index contributed by atoms with van der Waals surface area (Å²) in [5.41, 5.74) is 3.16. The van der Waals surface area contributed by atoms with Gasteiger partial charge in [-0.1, -0.05) is 12.1 Å². The summed E-state index contributed by atoms with van der Waals surface area (Å²) < 4.78 is 0. The van der Waals surface area contributed by atoms with Gasteiger partial charge in [0, 0.05) is 36.4 Å². The molecule has 1 aromatic carbocycles. The third-order valence-electron chi connectivity index (χ3n) is 3.97. The van der Waals surface area contributed by atoms with Gasteiger partial charge in [0.15, 0.2) is 0 Å². The van der Waals surface area contributed by atoms with Gasteiger partial charge in [-0.05, 0) is 35.9 Å². The molecule has 0 fully saturated rings. The zero-order chi connectivity index (χ0) is 17.8. The van der Waals surface area contributed by atoms with Crippen LogP contribution >= 0.6 is 0 Å². The lowest BCUT2D eigenvalue weighted by molar-refractivity contribution is 0.102. The number of carbonyl (C=O) groups excluding carboxylic acids is 1. The van der Waals surface area contributed by atoms with E-state index in [1.165, 1.54) is 6.33 Å². The third-order valence-corrected chi connectivity index (χ3v) is 3.97. The Morgan fingerprint density at radius 1 is 1.00 bits per heavy atom. The fraction of sp³-hybridized carbons (Fsp3) is 0.0526. The summed E-state index contributed by atoms with van der Waals surface area (Å²) in [6.07, 6.45) is 6.63. The molecule has 3 aromatic heterocycles. The lowest BCUT2D eigenvalue weighted by atomic mass is 10.1. The predicted molar refractivity (Wildman–Crippen MR) is 99.8 cm³/mol. The van der Waals surface area contributed by atoms with Crippen LogP contribution in [0, 0.1) is 0 Å². The predicted octanol–water partition coefficient (Wildman–Crippen LogP) is 3.22. The van der Waals surface area contributed by atoms with E-state index < -0.39 is 0 Å². The van der Waals surface area contributed by atoms with Gasteiger partial charge in [-0.3, -0.25) is 9.78 Å². The number of rotatable bonds is 5. The van der Waals surface area contributed by atoms with Crippen molar-refractivity contribution in [2.45, 2.75) is 6.54 Å². The molecule has 0 bridgehead atoms. The van der Waals surface area contributed by atoms with Crippen molar-refractivity contribution in [3.8, 4) is 0 Å². The molecule has 128 valence electrons. The van der Waals surface area contributed by atoms with Crippen molar-refractivity contribution < 1.29 is 4.79 Å². The van der Waals surface area contributed by atoms with E-state index in [0.29, 0.717) is 12.1 Å². The molecule has 7 nitrogen and oxygen atoms in total. The highest BCUT2D eigenvalue weighted by molar-refractivity contribution is 6.04. The van der Waals surface area contributed by atoms with Crippen LogP contribution in [0.1, 0.15) is 15.9 Å². The number of hydrogen-bond acceptors (Lipinski definition) is 5. The van der Waals surface area contributed by atoms with Crippen LogP contribution in [0.5, 0.6) is 0 Å². The smallest absolute Gasteiger partial charge is 0.255 e. The molecule has 4 rings (SSSR count). The largest absolute Gasteiger partial charge is 0.365 e. The molecule has 3 heterocycles. The molecular formula is C19H16N6O. The number of carbonyl (C=O) groups is 1. The van der Waals surface area contributed by atoms with E-state index in [4.69, 9.17) is 0 Å². The minimum atomic E-state index is -0.152. The van der Waals surface area contributed by atoms with Crippen LogP contribution in [0.3, 0.4) is 0 Å². The van der Waals surface area contributed by atoms with Crippen molar-refractivity contribution in [3.05, 3.63) is 78.5 Å². The van der Waals surface area contributed by atoms with Crippen LogP contribution in [0.25, 0.3) is 11.0 Å². The zero-order valence-corrected chi connectivity index (χ0v) is 13.8. The normalized spacial score (nSPS) is 10.6. The Morgan fingerprint density at radius 3 is 2.62 bits per heavy atom. The summed E-state index contributed by atoms with van der Waals surface area (Å²) in [5.74, 6) is 0.622. The van der Waals surface area contributed by atoms with Gasteiger partial charge >= 0.3 is 0 Å². The number of nitrogens with one attached hydrogen (secondary N) is 3. The van der Waals surface area contributed by atoms with E-state index in [-0.39, 0.29) is 5.91 Å². The fourth-order valence-corrected chi connectivity index (χ4v) is 2.61. The van der Waals surface area contributed by atoms with Crippen LogP contribution < -0.4 is 10.6 Å². The van der Waals surface area contributed by atoms with Gasteiger partial charge in [-0.2, -0.15) is 0 Å². The summed E-state index contributed by atoms with van der Waals surface area (Å²) >= 11 is 0. The maximum atomic E-state index is 12.3. The fourth-order valence-electron chi connectivity index (χ4n) is 2.61. The lowest BCUT2D eigenvalue weighted by Gasteiger charge is -2.08. The number of aromatic nitrogens is 4. The highest BCUT2D eigenvalue weighted by Gasteiger charge is 2.07. The average molecular weight is 344 g/mol. The molecule has 0 spiro atoms. The van der Waals surface area contributed by atoms with Gasteiger partial charge in [0.2, 0.25) is 0 Å². The summed E-state index contributed by atoms with van der Waals surface area (Å²) in [7, 11) is 0. The first kappa shape index (κ1) is 15.8. The molecule has 0 saturated heterocycles. The lowest BCUT2D eigenvalue weighted by Crippen LogP contribution is -2.12. The monoisotopic (exact) mass is 344 g/mol. The van der Waals surface area contributed by atoms with E-state index >= 15 is 0 Å². The molecular weight excluding hydrogens is 328 g/mol. The summed E-state index contributed by atoms with van der Waals surface area (Å²) in [6.45, 7) is 0.601. The summed E-state index contributed by atoms with van der Waals surface area (Å²) in [5, 5.41) is 7.08. The quantitative estimate of drug-likeness (QED) is 0.517. The first-order valence-corrected chi connectivity index (χ1v) is 8.12. The third kappa shape index (κ3) is 3.36. The second kappa shape index (κ2) is 7.02. The van der Waals surface area contributed by atoms with Crippen LogP contribution in [-0.2, 0) is 6.54 Å². The number of H-pyrrole nitrogens is 1. The molecule has 0 saturated carbocycles. The maximum Gasteiger partial charge on any atom is 0.255 e. The van der Waals surface area contributed by atoms with Crippen molar-refractivity contribution in [2.24, 2.45) is 0 Å². The molecule has 26 heavy (non-hydrogen) atoms. The molecule has 4 aromatic rings. The Bertz CT molecular complexity index is 1030. The number of hydrogen-bond donors (Lipinski definition) is 3. The van der Waals surface area contributed by atoms with Crippen molar-refractivity contribution in [1.29, 1.82) is 0 Å². The van der Waals surface area contributed by atoms with E-state index in [9.17, 15) is 4.79 Å². The highest BCUT2D eigenvalue weighted by Crippen LogP contribution is 2.18. The minimum Gasteiger partial charge on any atom is -0.365 e. The van der Waals surface area contributed by atoms with Gasteiger partial charge in [0.05, 0.1) is 5.39 Å². The summed E-state index contributed by atoms with van der Waals surface area (Å²) in [6, 6.07) is 12.9. The number of pyridine rings is 1. The van der Waals surface area contributed by atoms with Crippen molar-refractivity contribution >= 4 is 28.4 Å².